The summed E-state index contributed by atoms with van der Waals surface area (Å²) in [6, 6.07) is 5.53. The second-order valence-electron chi connectivity index (χ2n) is 5.16. The van der Waals surface area contributed by atoms with E-state index < -0.39 is 0 Å². The molecule has 3 rings (SSSR count). The predicted molar refractivity (Wildman–Crippen MR) is 66.0 cm³/mol. The van der Waals surface area contributed by atoms with Gasteiger partial charge in [0.15, 0.2) is 11.5 Å². The molecular formula is C14H18O4. The molecule has 1 aliphatic carbocycles. The quantitative estimate of drug-likeness (QED) is 0.875. The molecule has 0 spiro atoms. The van der Waals surface area contributed by atoms with Gasteiger partial charge in [-0.15, -0.1) is 0 Å². The van der Waals surface area contributed by atoms with Gasteiger partial charge in [-0.2, -0.15) is 0 Å². The normalized spacial score (nSPS) is 30.2. The zero-order valence-corrected chi connectivity index (χ0v) is 10.5. The fourth-order valence-corrected chi connectivity index (χ4v) is 2.56. The molecule has 1 heterocycles. The summed E-state index contributed by atoms with van der Waals surface area (Å²) in [6.45, 7) is 2.46. The van der Waals surface area contributed by atoms with Crippen LogP contribution in [-0.4, -0.2) is 24.1 Å². The highest BCUT2D eigenvalue weighted by molar-refractivity contribution is 5.46. The van der Waals surface area contributed by atoms with Crippen LogP contribution in [0.15, 0.2) is 18.2 Å². The molecule has 2 aliphatic rings. The van der Waals surface area contributed by atoms with Crippen molar-refractivity contribution in [1.82, 2.24) is 0 Å². The number of aliphatic hydroxyl groups is 1. The van der Waals surface area contributed by atoms with Gasteiger partial charge >= 0.3 is 0 Å². The molecule has 4 heteroatoms. The summed E-state index contributed by atoms with van der Waals surface area (Å²) >= 11 is 0. The van der Waals surface area contributed by atoms with Crippen molar-refractivity contribution in [2.75, 3.05) is 6.79 Å². The molecule has 0 bridgehead atoms. The Morgan fingerprint density at radius 1 is 1.22 bits per heavy atom. The maximum Gasteiger partial charge on any atom is 0.231 e. The van der Waals surface area contributed by atoms with Gasteiger partial charge in [-0.3, -0.25) is 0 Å². The average Bonchev–Trinajstić information content (AvgIpc) is 2.81. The number of hydrogen-bond acceptors (Lipinski definition) is 4. The lowest BCUT2D eigenvalue weighted by Crippen LogP contribution is -2.37. The topological polar surface area (TPSA) is 47.9 Å². The summed E-state index contributed by atoms with van der Waals surface area (Å²) in [5.74, 6) is 2.80. The molecule has 1 aliphatic heterocycles. The van der Waals surface area contributed by atoms with E-state index in [1.54, 1.807) is 0 Å². The van der Waals surface area contributed by atoms with Crippen LogP contribution in [0.2, 0.25) is 0 Å². The first-order valence-electron chi connectivity index (χ1n) is 6.47. The molecule has 4 nitrogen and oxygen atoms in total. The fourth-order valence-electron chi connectivity index (χ4n) is 2.56. The zero-order chi connectivity index (χ0) is 12.5. The van der Waals surface area contributed by atoms with Gasteiger partial charge in [0.2, 0.25) is 6.79 Å². The van der Waals surface area contributed by atoms with E-state index in [-0.39, 0.29) is 19.0 Å². The highest BCUT2D eigenvalue weighted by Gasteiger charge is 2.29. The van der Waals surface area contributed by atoms with Crippen LogP contribution in [0.25, 0.3) is 0 Å². The van der Waals surface area contributed by atoms with Gasteiger partial charge in [0.05, 0.1) is 6.10 Å². The van der Waals surface area contributed by atoms with E-state index in [9.17, 15) is 5.11 Å². The van der Waals surface area contributed by atoms with Gasteiger partial charge in [-0.25, -0.2) is 0 Å². The average molecular weight is 250 g/mol. The lowest BCUT2D eigenvalue weighted by atomic mass is 9.86. The van der Waals surface area contributed by atoms with Crippen LogP contribution in [0.3, 0.4) is 0 Å². The standard InChI is InChI=1S/C14H18O4/c1-9-2-4-11(15)13(6-9)18-10-3-5-12-14(7-10)17-8-16-12/h3,5,7,9,11,13,15H,2,4,6,8H2,1H3/t9-,11+,13+/m0/s1. The highest BCUT2D eigenvalue weighted by Crippen LogP contribution is 2.36. The van der Waals surface area contributed by atoms with Crippen molar-refractivity contribution in [3.05, 3.63) is 18.2 Å². The Bertz CT molecular complexity index is 432. The summed E-state index contributed by atoms with van der Waals surface area (Å²) in [7, 11) is 0. The van der Waals surface area contributed by atoms with Crippen molar-refractivity contribution in [2.24, 2.45) is 5.92 Å². The number of benzene rings is 1. The number of hydrogen-bond donors (Lipinski definition) is 1. The second kappa shape index (κ2) is 4.69. The van der Waals surface area contributed by atoms with Crippen LogP contribution in [-0.2, 0) is 0 Å². The summed E-state index contributed by atoms with van der Waals surface area (Å²) in [5, 5.41) is 9.96. The van der Waals surface area contributed by atoms with Crippen LogP contribution in [0.1, 0.15) is 26.2 Å². The van der Waals surface area contributed by atoms with E-state index in [0.29, 0.717) is 11.7 Å². The largest absolute Gasteiger partial charge is 0.488 e. The van der Waals surface area contributed by atoms with E-state index in [1.807, 2.05) is 18.2 Å². The molecule has 3 atom stereocenters. The minimum Gasteiger partial charge on any atom is -0.488 e. The second-order valence-corrected chi connectivity index (χ2v) is 5.16. The predicted octanol–water partition coefficient (Wildman–Crippen LogP) is 2.34. The molecule has 18 heavy (non-hydrogen) atoms. The smallest absolute Gasteiger partial charge is 0.231 e. The van der Waals surface area contributed by atoms with Gasteiger partial charge in [0.25, 0.3) is 0 Å². The van der Waals surface area contributed by atoms with Crippen LogP contribution in [0.4, 0.5) is 0 Å². The van der Waals surface area contributed by atoms with Gasteiger partial charge in [-0.05, 0) is 37.3 Å². The van der Waals surface area contributed by atoms with Crippen LogP contribution in [0, 0.1) is 5.92 Å². The Morgan fingerprint density at radius 2 is 2.06 bits per heavy atom. The van der Waals surface area contributed by atoms with Crippen LogP contribution < -0.4 is 14.2 Å². The van der Waals surface area contributed by atoms with E-state index in [1.165, 1.54) is 0 Å². The van der Waals surface area contributed by atoms with Crippen molar-refractivity contribution < 1.29 is 19.3 Å². The molecule has 1 N–H and O–H groups in total. The van der Waals surface area contributed by atoms with E-state index >= 15 is 0 Å². The number of rotatable bonds is 2. The molecule has 1 aromatic carbocycles. The lowest BCUT2D eigenvalue weighted by molar-refractivity contribution is -0.00765. The number of fused-ring (bicyclic) bond motifs is 1. The Hall–Kier alpha value is -1.42. The zero-order valence-electron chi connectivity index (χ0n) is 10.5. The van der Waals surface area contributed by atoms with Gasteiger partial charge in [-0.1, -0.05) is 6.92 Å². The number of ether oxygens (including phenoxy) is 3. The highest BCUT2D eigenvalue weighted by atomic mass is 16.7. The molecule has 0 unspecified atom stereocenters. The molecule has 98 valence electrons. The molecule has 1 aromatic rings. The van der Waals surface area contributed by atoms with Crippen molar-refractivity contribution in [3.63, 3.8) is 0 Å². The first-order chi connectivity index (χ1) is 8.72. The fraction of sp³-hybridized carbons (Fsp3) is 0.571. The maximum atomic E-state index is 9.96. The number of aliphatic hydroxyl groups excluding tert-OH is 1. The molecule has 1 saturated carbocycles. The van der Waals surface area contributed by atoms with Gasteiger partial charge in [0.1, 0.15) is 11.9 Å². The van der Waals surface area contributed by atoms with Crippen molar-refractivity contribution in [2.45, 2.75) is 38.4 Å². The molecule has 0 saturated heterocycles. The summed E-state index contributed by atoms with van der Waals surface area (Å²) < 4.78 is 16.4. The first kappa shape index (κ1) is 11.7. The monoisotopic (exact) mass is 250 g/mol. The first-order valence-corrected chi connectivity index (χ1v) is 6.47. The Balaban J connectivity index is 1.72. The Kier molecular flexibility index (Phi) is 3.04. The Morgan fingerprint density at radius 3 is 2.94 bits per heavy atom. The van der Waals surface area contributed by atoms with E-state index in [2.05, 4.69) is 6.92 Å². The van der Waals surface area contributed by atoms with Gasteiger partial charge < -0.3 is 19.3 Å². The molecule has 0 aromatic heterocycles. The van der Waals surface area contributed by atoms with Gasteiger partial charge in [0, 0.05) is 6.07 Å². The molecular weight excluding hydrogens is 232 g/mol. The van der Waals surface area contributed by atoms with Crippen LogP contribution >= 0.6 is 0 Å². The van der Waals surface area contributed by atoms with Crippen molar-refractivity contribution in [1.29, 1.82) is 0 Å². The van der Waals surface area contributed by atoms with E-state index in [4.69, 9.17) is 14.2 Å². The summed E-state index contributed by atoms with van der Waals surface area (Å²) in [5.41, 5.74) is 0. The molecule has 0 radical (unpaired) electrons. The van der Waals surface area contributed by atoms with Crippen molar-refractivity contribution in [3.8, 4) is 17.2 Å². The summed E-state index contributed by atoms with van der Waals surface area (Å²) in [4.78, 5) is 0. The van der Waals surface area contributed by atoms with Crippen LogP contribution in [0.5, 0.6) is 17.2 Å². The summed E-state index contributed by atoms with van der Waals surface area (Å²) in [6.07, 6.45) is 2.30. The SMILES string of the molecule is C[C@H]1CC[C@@H](O)[C@H](Oc2ccc3c(c2)OCO3)C1. The van der Waals surface area contributed by atoms with Crippen molar-refractivity contribution >= 4 is 0 Å². The lowest BCUT2D eigenvalue weighted by Gasteiger charge is -2.31. The Labute approximate surface area is 106 Å². The van der Waals surface area contributed by atoms with E-state index in [0.717, 1.165) is 30.8 Å². The molecule has 0 amide bonds. The third-order valence-electron chi connectivity index (χ3n) is 3.65. The third kappa shape index (κ3) is 2.25. The maximum absolute atomic E-state index is 9.96. The minimum absolute atomic E-state index is 0.117. The molecule has 1 fully saturated rings. The third-order valence-corrected chi connectivity index (χ3v) is 3.65. The minimum atomic E-state index is -0.369.